The lowest BCUT2D eigenvalue weighted by Crippen LogP contribution is -2.18. The molecule has 0 atom stereocenters. The summed E-state index contributed by atoms with van der Waals surface area (Å²) in [5, 5.41) is 2.82. The van der Waals surface area contributed by atoms with E-state index in [0.29, 0.717) is 29.9 Å². The molecule has 2 aromatic rings. The average molecular weight is 346 g/mol. The van der Waals surface area contributed by atoms with Crippen LogP contribution in [-0.4, -0.2) is 12.2 Å². The summed E-state index contributed by atoms with van der Waals surface area (Å²) in [6, 6.07) is 10.7. The highest BCUT2D eigenvalue weighted by atomic mass is 79.9. The van der Waals surface area contributed by atoms with Gasteiger partial charge in [0.25, 0.3) is 0 Å². The number of hydrogen-bond acceptors (Lipinski definition) is 3. The van der Waals surface area contributed by atoms with Crippen LogP contribution in [0, 0.1) is 0 Å². The van der Waals surface area contributed by atoms with E-state index >= 15 is 0 Å². The third kappa shape index (κ3) is 2.97. The van der Waals surface area contributed by atoms with Gasteiger partial charge < -0.3 is 10.1 Å². The summed E-state index contributed by atoms with van der Waals surface area (Å²) >= 11 is 3.36. The Kier molecular flexibility index (Phi) is 3.75. The number of carbonyl (C=O) groups excluding carboxylic acids is 2. The van der Waals surface area contributed by atoms with Gasteiger partial charge in [0.05, 0.1) is 5.56 Å². The maximum Gasteiger partial charge on any atom is 0.224 e. The van der Waals surface area contributed by atoms with Crippen LogP contribution >= 0.6 is 15.9 Å². The molecule has 1 heterocycles. The van der Waals surface area contributed by atoms with E-state index in [4.69, 9.17) is 4.74 Å². The van der Waals surface area contributed by atoms with Gasteiger partial charge in [0.15, 0.2) is 6.29 Å². The molecular weight excluding hydrogens is 334 g/mol. The SMILES string of the molecule is O=Cc1ccc(Br)cc1Oc1ccc2c(c1)CCC(=O)N2. The standard InChI is InChI=1S/C16H12BrNO3/c17-12-3-1-11(9-19)15(8-12)21-13-4-5-14-10(7-13)2-6-16(20)18-14/h1,3-5,7-9H,2,6H2,(H,18,20). The van der Waals surface area contributed by atoms with E-state index in [1.807, 2.05) is 12.1 Å². The van der Waals surface area contributed by atoms with Crippen molar-refractivity contribution in [2.24, 2.45) is 0 Å². The summed E-state index contributed by atoms with van der Waals surface area (Å²) in [6.07, 6.45) is 1.94. The Labute approximate surface area is 130 Å². The van der Waals surface area contributed by atoms with E-state index in [-0.39, 0.29) is 5.91 Å². The smallest absolute Gasteiger partial charge is 0.224 e. The minimum absolute atomic E-state index is 0.0337. The van der Waals surface area contributed by atoms with Crippen LogP contribution in [0.25, 0.3) is 0 Å². The van der Waals surface area contributed by atoms with Gasteiger partial charge in [-0.3, -0.25) is 9.59 Å². The number of aryl methyl sites for hydroxylation is 1. The number of nitrogens with one attached hydrogen (secondary N) is 1. The Morgan fingerprint density at radius 3 is 2.81 bits per heavy atom. The number of fused-ring (bicyclic) bond motifs is 1. The molecule has 0 saturated heterocycles. The number of amides is 1. The molecule has 1 aliphatic heterocycles. The Morgan fingerprint density at radius 1 is 1.14 bits per heavy atom. The second-order valence-electron chi connectivity index (χ2n) is 4.77. The number of ether oxygens (including phenoxy) is 1. The van der Waals surface area contributed by atoms with Crippen LogP contribution in [0.2, 0.25) is 0 Å². The molecule has 21 heavy (non-hydrogen) atoms. The molecule has 1 amide bonds. The third-order valence-electron chi connectivity index (χ3n) is 3.30. The van der Waals surface area contributed by atoms with Crippen molar-refractivity contribution in [3.63, 3.8) is 0 Å². The molecule has 0 spiro atoms. The molecule has 0 fully saturated rings. The van der Waals surface area contributed by atoms with Gasteiger partial charge in [-0.2, -0.15) is 0 Å². The van der Waals surface area contributed by atoms with Crippen LogP contribution in [0.1, 0.15) is 22.3 Å². The predicted molar refractivity (Wildman–Crippen MR) is 83.0 cm³/mol. The number of rotatable bonds is 3. The molecule has 106 valence electrons. The Balaban J connectivity index is 1.91. The molecule has 1 aliphatic rings. The van der Waals surface area contributed by atoms with Crippen molar-refractivity contribution >= 4 is 33.8 Å². The van der Waals surface area contributed by atoms with Gasteiger partial charge in [-0.15, -0.1) is 0 Å². The van der Waals surface area contributed by atoms with Gasteiger partial charge in [0, 0.05) is 16.6 Å². The first kappa shape index (κ1) is 13.8. The first-order chi connectivity index (χ1) is 10.2. The van der Waals surface area contributed by atoms with Crippen molar-refractivity contribution in [1.29, 1.82) is 0 Å². The fourth-order valence-electron chi connectivity index (χ4n) is 2.24. The predicted octanol–water partition coefficient (Wildman–Crippen LogP) is 3.94. The number of halogens is 1. The normalized spacial score (nSPS) is 13.3. The van der Waals surface area contributed by atoms with Crippen molar-refractivity contribution in [3.05, 3.63) is 52.0 Å². The van der Waals surface area contributed by atoms with Crippen LogP contribution in [0.3, 0.4) is 0 Å². The molecule has 3 rings (SSSR count). The zero-order chi connectivity index (χ0) is 14.8. The number of anilines is 1. The zero-order valence-electron chi connectivity index (χ0n) is 11.1. The second kappa shape index (κ2) is 5.69. The average Bonchev–Trinajstić information content (AvgIpc) is 2.48. The molecule has 0 aromatic heterocycles. The van der Waals surface area contributed by atoms with Crippen LogP contribution in [-0.2, 0) is 11.2 Å². The van der Waals surface area contributed by atoms with Crippen LogP contribution in [0.15, 0.2) is 40.9 Å². The molecule has 1 N–H and O–H groups in total. The summed E-state index contributed by atoms with van der Waals surface area (Å²) in [6.45, 7) is 0. The monoisotopic (exact) mass is 345 g/mol. The zero-order valence-corrected chi connectivity index (χ0v) is 12.6. The fraction of sp³-hybridized carbons (Fsp3) is 0.125. The van der Waals surface area contributed by atoms with Crippen LogP contribution in [0.5, 0.6) is 11.5 Å². The molecule has 5 heteroatoms. The molecule has 2 aromatic carbocycles. The fourth-order valence-corrected chi connectivity index (χ4v) is 2.58. The van der Waals surface area contributed by atoms with Gasteiger partial charge in [-0.05, 0) is 48.4 Å². The van der Waals surface area contributed by atoms with Gasteiger partial charge in [-0.1, -0.05) is 15.9 Å². The molecule has 0 unspecified atom stereocenters. The summed E-state index contributed by atoms with van der Waals surface area (Å²) < 4.78 is 6.64. The van der Waals surface area contributed by atoms with E-state index in [0.717, 1.165) is 22.0 Å². The summed E-state index contributed by atoms with van der Waals surface area (Å²) in [5.41, 5.74) is 2.35. The highest BCUT2D eigenvalue weighted by Gasteiger charge is 2.15. The van der Waals surface area contributed by atoms with E-state index in [1.54, 1.807) is 24.3 Å². The molecule has 0 aliphatic carbocycles. The highest BCUT2D eigenvalue weighted by molar-refractivity contribution is 9.10. The lowest BCUT2D eigenvalue weighted by molar-refractivity contribution is -0.116. The van der Waals surface area contributed by atoms with E-state index in [1.165, 1.54) is 0 Å². The third-order valence-corrected chi connectivity index (χ3v) is 3.80. The number of aldehydes is 1. The van der Waals surface area contributed by atoms with Crippen molar-refractivity contribution in [2.75, 3.05) is 5.32 Å². The number of benzene rings is 2. The largest absolute Gasteiger partial charge is 0.457 e. The lowest BCUT2D eigenvalue weighted by atomic mass is 10.0. The summed E-state index contributed by atoms with van der Waals surface area (Å²) in [4.78, 5) is 22.4. The summed E-state index contributed by atoms with van der Waals surface area (Å²) in [5.74, 6) is 1.18. The summed E-state index contributed by atoms with van der Waals surface area (Å²) in [7, 11) is 0. The van der Waals surface area contributed by atoms with Crippen molar-refractivity contribution < 1.29 is 14.3 Å². The topological polar surface area (TPSA) is 55.4 Å². The van der Waals surface area contributed by atoms with Crippen molar-refractivity contribution in [1.82, 2.24) is 0 Å². The highest BCUT2D eigenvalue weighted by Crippen LogP contribution is 2.31. The van der Waals surface area contributed by atoms with Gasteiger partial charge in [0.2, 0.25) is 5.91 Å². The first-order valence-corrected chi connectivity index (χ1v) is 7.30. The molecule has 0 bridgehead atoms. The Morgan fingerprint density at radius 2 is 2.00 bits per heavy atom. The molecular formula is C16H12BrNO3. The molecule has 4 nitrogen and oxygen atoms in total. The van der Waals surface area contributed by atoms with Crippen LogP contribution in [0.4, 0.5) is 5.69 Å². The minimum atomic E-state index is 0.0337. The minimum Gasteiger partial charge on any atom is -0.457 e. The first-order valence-electron chi connectivity index (χ1n) is 6.51. The Bertz CT molecular complexity index is 727. The second-order valence-corrected chi connectivity index (χ2v) is 5.68. The Hall–Kier alpha value is -2.14. The maximum atomic E-state index is 11.3. The quantitative estimate of drug-likeness (QED) is 0.857. The number of carbonyl (C=O) groups is 2. The maximum absolute atomic E-state index is 11.3. The van der Waals surface area contributed by atoms with E-state index < -0.39 is 0 Å². The van der Waals surface area contributed by atoms with Gasteiger partial charge in [0.1, 0.15) is 11.5 Å². The number of hydrogen-bond donors (Lipinski definition) is 1. The van der Waals surface area contributed by atoms with E-state index in [2.05, 4.69) is 21.2 Å². The van der Waals surface area contributed by atoms with Gasteiger partial charge in [-0.25, -0.2) is 0 Å². The van der Waals surface area contributed by atoms with Gasteiger partial charge >= 0.3 is 0 Å². The molecule has 0 radical (unpaired) electrons. The van der Waals surface area contributed by atoms with Crippen molar-refractivity contribution in [3.8, 4) is 11.5 Å². The van der Waals surface area contributed by atoms with Crippen molar-refractivity contribution in [2.45, 2.75) is 12.8 Å². The molecule has 0 saturated carbocycles. The van der Waals surface area contributed by atoms with Crippen LogP contribution < -0.4 is 10.1 Å². The van der Waals surface area contributed by atoms with E-state index in [9.17, 15) is 9.59 Å². The lowest BCUT2D eigenvalue weighted by Gasteiger charge is -2.18.